The van der Waals surface area contributed by atoms with Crippen LogP contribution in [0.3, 0.4) is 0 Å². The molecule has 0 bridgehead atoms. The molecule has 1 unspecified atom stereocenters. The van der Waals surface area contributed by atoms with Crippen molar-refractivity contribution >= 4 is 5.82 Å². The fourth-order valence-electron chi connectivity index (χ4n) is 2.80. The van der Waals surface area contributed by atoms with Crippen LogP contribution in [0.5, 0.6) is 0 Å². The van der Waals surface area contributed by atoms with Gasteiger partial charge in [0.1, 0.15) is 0 Å². The van der Waals surface area contributed by atoms with Gasteiger partial charge in [0, 0.05) is 43.6 Å². The Balaban J connectivity index is 2.21. The number of piperidine rings is 1. The van der Waals surface area contributed by atoms with Gasteiger partial charge in [-0.1, -0.05) is 0 Å². The van der Waals surface area contributed by atoms with Gasteiger partial charge in [0.25, 0.3) is 5.56 Å². The zero-order chi connectivity index (χ0) is 15.5. The van der Waals surface area contributed by atoms with Crippen molar-refractivity contribution in [2.45, 2.75) is 65.1 Å². The van der Waals surface area contributed by atoms with E-state index < -0.39 is 0 Å². The average molecular weight is 292 g/mol. The van der Waals surface area contributed by atoms with E-state index in [1.54, 1.807) is 17.0 Å². The summed E-state index contributed by atoms with van der Waals surface area (Å²) in [5.74, 6) is 0.611. The van der Waals surface area contributed by atoms with E-state index in [2.05, 4.69) is 36.0 Å². The van der Waals surface area contributed by atoms with E-state index in [1.165, 1.54) is 6.42 Å². The summed E-state index contributed by atoms with van der Waals surface area (Å²) in [6.45, 7) is 11.0. The van der Waals surface area contributed by atoms with Crippen molar-refractivity contribution in [3.05, 3.63) is 22.7 Å². The summed E-state index contributed by atoms with van der Waals surface area (Å²) in [7, 11) is 0. The largest absolute Gasteiger partial charge is 0.348 e. The van der Waals surface area contributed by atoms with E-state index in [1.807, 2.05) is 6.92 Å². The SMILES string of the molecule is CCn1ccnc(N2CCCCC2CNC(C)(C)C)c1=O. The molecule has 2 rings (SSSR count). The maximum Gasteiger partial charge on any atom is 0.293 e. The van der Waals surface area contributed by atoms with Crippen molar-refractivity contribution in [1.82, 2.24) is 14.9 Å². The van der Waals surface area contributed by atoms with Gasteiger partial charge in [-0.2, -0.15) is 0 Å². The molecule has 1 saturated heterocycles. The zero-order valence-electron chi connectivity index (χ0n) is 13.7. The number of aromatic nitrogens is 2. The Morgan fingerprint density at radius 2 is 2.14 bits per heavy atom. The Hall–Kier alpha value is -1.36. The third kappa shape index (κ3) is 4.06. The lowest BCUT2D eigenvalue weighted by atomic mass is 10.0. The standard InChI is InChI=1S/C16H28N4O/c1-5-19-11-9-17-14(15(19)21)20-10-7-6-8-13(20)12-18-16(2,3)4/h9,11,13,18H,5-8,10,12H2,1-4H3. The number of rotatable bonds is 4. The van der Waals surface area contributed by atoms with Gasteiger partial charge in [-0.3, -0.25) is 4.79 Å². The number of hydrogen-bond donors (Lipinski definition) is 1. The van der Waals surface area contributed by atoms with Crippen molar-refractivity contribution in [2.75, 3.05) is 18.0 Å². The summed E-state index contributed by atoms with van der Waals surface area (Å²) in [6, 6.07) is 0.353. The summed E-state index contributed by atoms with van der Waals surface area (Å²) in [5.41, 5.74) is 0.124. The number of nitrogens with zero attached hydrogens (tertiary/aromatic N) is 3. The van der Waals surface area contributed by atoms with Crippen molar-refractivity contribution in [1.29, 1.82) is 0 Å². The predicted molar refractivity (Wildman–Crippen MR) is 86.9 cm³/mol. The first-order valence-electron chi connectivity index (χ1n) is 7.99. The molecule has 5 heteroatoms. The van der Waals surface area contributed by atoms with Gasteiger partial charge >= 0.3 is 0 Å². The summed E-state index contributed by atoms with van der Waals surface area (Å²) in [5, 5.41) is 3.56. The minimum Gasteiger partial charge on any atom is -0.348 e. The molecule has 0 aliphatic carbocycles. The van der Waals surface area contributed by atoms with Gasteiger partial charge in [-0.15, -0.1) is 0 Å². The Kier molecular flexibility index (Phi) is 5.04. The lowest BCUT2D eigenvalue weighted by Crippen LogP contribution is -2.51. The van der Waals surface area contributed by atoms with E-state index in [4.69, 9.17) is 0 Å². The number of anilines is 1. The highest BCUT2D eigenvalue weighted by molar-refractivity contribution is 5.38. The average Bonchev–Trinajstić information content (AvgIpc) is 2.45. The molecule has 21 heavy (non-hydrogen) atoms. The summed E-state index contributed by atoms with van der Waals surface area (Å²) in [4.78, 5) is 19.1. The van der Waals surface area contributed by atoms with Crippen LogP contribution in [-0.4, -0.2) is 34.2 Å². The summed E-state index contributed by atoms with van der Waals surface area (Å²) >= 11 is 0. The molecule has 0 amide bonds. The lowest BCUT2D eigenvalue weighted by molar-refractivity contribution is 0.364. The molecule has 1 N–H and O–H groups in total. The van der Waals surface area contributed by atoms with Crippen LogP contribution in [0.25, 0.3) is 0 Å². The molecule has 1 aliphatic heterocycles. The Morgan fingerprint density at radius 1 is 1.38 bits per heavy atom. The first-order chi connectivity index (χ1) is 9.92. The first kappa shape index (κ1) is 16.0. The molecule has 2 heterocycles. The van der Waals surface area contributed by atoms with E-state index in [9.17, 15) is 4.79 Å². The van der Waals surface area contributed by atoms with Crippen molar-refractivity contribution < 1.29 is 0 Å². The Labute approximate surface area is 127 Å². The van der Waals surface area contributed by atoms with Crippen molar-refractivity contribution in [3.8, 4) is 0 Å². The van der Waals surface area contributed by atoms with Gasteiger partial charge in [0.15, 0.2) is 5.82 Å². The van der Waals surface area contributed by atoms with Gasteiger partial charge in [0.2, 0.25) is 0 Å². The van der Waals surface area contributed by atoms with Crippen LogP contribution in [0, 0.1) is 0 Å². The number of aryl methyl sites for hydroxylation is 1. The smallest absolute Gasteiger partial charge is 0.293 e. The molecule has 0 aromatic carbocycles. The molecule has 1 aromatic rings. The number of nitrogens with one attached hydrogen (secondary N) is 1. The molecule has 1 fully saturated rings. The molecule has 1 aliphatic rings. The van der Waals surface area contributed by atoms with Gasteiger partial charge < -0.3 is 14.8 Å². The molecule has 118 valence electrons. The zero-order valence-corrected chi connectivity index (χ0v) is 13.7. The van der Waals surface area contributed by atoms with Crippen LogP contribution in [0.15, 0.2) is 17.2 Å². The van der Waals surface area contributed by atoms with Crippen molar-refractivity contribution in [3.63, 3.8) is 0 Å². The molecule has 1 atom stereocenters. The normalized spacial score (nSPS) is 19.8. The minimum absolute atomic E-state index is 0.0302. The lowest BCUT2D eigenvalue weighted by Gasteiger charge is -2.38. The fourth-order valence-corrected chi connectivity index (χ4v) is 2.80. The van der Waals surface area contributed by atoms with Crippen LogP contribution in [0.4, 0.5) is 5.82 Å². The second kappa shape index (κ2) is 6.60. The van der Waals surface area contributed by atoms with Gasteiger partial charge in [-0.25, -0.2) is 4.98 Å². The van der Waals surface area contributed by atoms with E-state index in [0.29, 0.717) is 18.4 Å². The van der Waals surface area contributed by atoms with Crippen LogP contribution < -0.4 is 15.8 Å². The Bertz CT molecular complexity index is 518. The highest BCUT2D eigenvalue weighted by atomic mass is 16.1. The van der Waals surface area contributed by atoms with Crippen LogP contribution in [0.2, 0.25) is 0 Å². The molecular weight excluding hydrogens is 264 g/mol. The Morgan fingerprint density at radius 3 is 2.81 bits per heavy atom. The molecule has 0 radical (unpaired) electrons. The second-order valence-electron chi connectivity index (χ2n) is 6.82. The second-order valence-corrected chi connectivity index (χ2v) is 6.82. The molecule has 0 spiro atoms. The molecule has 5 nitrogen and oxygen atoms in total. The van der Waals surface area contributed by atoms with E-state index in [0.717, 1.165) is 25.9 Å². The third-order valence-corrected chi connectivity index (χ3v) is 4.00. The van der Waals surface area contributed by atoms with Crippen LogP contribution >= 0.6 is 0 Å². The monoisotopic (exact) mass is 292 g/mol. The highest BCUT2D eigenvalue weighted by Gasteiger charge is 2.26. The molecule has 0 saturated carbocycles. The first-order valence-corrected chi connectivity index (χ1v) is 7.99. The third-order valence-electron chi connectivity index (χ3n) is 4.00. The molecular formula is C16H28N4O. The predicted octanol–water partition coefficient (Wildman–Crippen LogP) is 2.01. The van der Waals surface area contributed by atoms with Gasteiger partial charge in [-0.05, 0) is 47.0 Å². The number of hydrogen-bond acceptors (Lipinski definition) is 4. The summed E-state index contributed by atoms with van der Waals surface area (Å²) < 4.78 is 1.73. The topological polar surface area (TPSA) is 50.2 Å². The minimum atomic E-state index is 0.0302. The maximum absolute atomic E-state index is 12.5. The quantitative estimate of drug-likeness (QED) is 0.922. The van der Waals surface area contributed by atoms with E-state index >= 15 is 0 Å². The summed E-state index contributed by atoms with van der Waals surface area (Å²) in [6.07, 6.45) is 6.97. The highest BCUT2D eigenvalue weighted by Crippen LogP contribution is 2.20. The maximum atomic E-state index is 12.5. The van der Waals surface area contributed by atoms with Crippen molar-refractivity contribution in [2.24, 2.45) is 0 Å². The van der Waals surface area contributed by atoms with Crippen LogP contribution in [0.1, 0.15) is 47.0 Å². The molecule has 1 aromatic heterocycles. The van der Waals surface area contributed by atoms with E-state index in [-0.39, 0.29) is 11.1 Å². The van der Waals surface area contributed by atoms with Gasteiger partial charge in [0.05, 0.1) is 0 Å². The fraction of sp³-hybridized carbons (Fsp3) is 0.750. The van der Waals surface area contributed by atoms with Crippen LogP contribution in [-0.2, 0) is 6.54 Å².